The van der Waals surface area contributed by atoms with Crippen molar-refractivity contribution < 1.29 is 19.4 Å². The zero-order chi connectivity index (χ0) is 23.5. The first-order valence-electron chi connectivity index (χ1n) is 10.8. The van der Waals surface area contributed by atoms with Gasteiger partial charge in [0.15, 0.2) is 6.10 Å². The monoisotopic (exact) mass is 434 g/mol. The highest BCUT2D eigenvalue weighted by Crippen LogP contribution is 2.47. The number of hydrogen-bond acceptors (Lipinski definition) is 3. The van der Waals surface area contributed by atoms with E-state index in [1.54, 1.807) is 11.9 Å². The minimum atomic E-state index is -1.18. The SMILES string of the molecule is Cc1ccc(-c2c([C@H](OC(C)(C)C)C(=O)O)c(C)c3c4c2cc(C)n4CC(=O)N3C)cc1. The number of hydrogen-bond donors (Lipinski definition) is 1. The van der Waals surface area contributed by atoms with E-state index in [1.165, 1.54) is 0 Å². The van der Waals surface area contributed by atoms with Gasteiger partial charge in [-0.2, -0.15) is 0 Å². The molecule has 168 valence electrons. The van der Waals surface area contributed by atoms with Crippen LogP contribution in [0.15, 0.2) is 30.3 Å². The summed E-state index contributed by atoms with van der Waals surface area (Å²) in [5.74, 6) is -1.08. The summed E-state index contributed by atoms with van der Waals surface area (Å²) in [6.45, 7) is 11.7. The number of likely N-dealkylation sites (N-methyl/N-ethyl adjacent to an activating group) is 1. The van der Waals surface area contributed by atoms with Crippen LogP contribution < -0.4 is 4.90 Å². The number of anilines is 1. The molecule has 0 bridgehead atoms. The Morgan fingerprint density at radius 1 is 1.12 bits per heavy atom. The summed E-state index contributed by atoms with van der Waals surface area (Å²) in [4.78, 5) is 27.0. The number of aromatic nitrogens is 1. The number of nitrogens with zero attached hydrogens (tertiary/aromatic N) is 2. The molecule has 1 aliphatic heterocycles. The third-order valence-corrected chi connectivity index (χ3v) is 6.13. The summed E-state index contributed by atoms with van der Waals surface area (Å²) in [5, 5.41) is 11.2. The van der Waals surface area contributed by atoms with Crippen LogP contribution in [0.5, 0.6) is 0 Å². The van der Waals surface area contributed by atoms with Crippen LogP contribution in [0.2, 0.25) is 0 Å². The molecule has 6 nitrogen and oxygen atoms in total. The van der Waals surface area contributed by atoms with Crippen LogP contribution in [0.3, 0.4) is 0 Å². The summed E-state index contributed by atoms with van der Waals surface area (Å²) in [5.41, 5.74) is 6.26. The molecule has 0 fully saturated rings. The molecule has 1 amide bonds. The highest BCUT2D eigenvalue weighted by molar-refractivity contribution is 6.13. The first-order valence-corrected chi connectivity index (χ1v) is 10.8. The van der Waals surface area contributed by atoms with E-state index in [-0.39, 0.29) is 12.5 Å². The van der Waals surface area contributed by atoms with Crippen molar-refractivity contribution in [2.75, 3.05) is 11.9 Å². The molecule has 0 radical (unpaired) electrons. The van der Waals surface area contributed by atoms with Crippen LogP contribution in [0.25, 0.3) is 22.0 Å². The molecule has 4 rings (SSSR count). The number of ether oxygens (including phenoxy) is 1. The first kappa shape index (κ1) is 22.1. The number of aliphatic carboxylic acids is 1. The van der Waals surface area contributed by atoms with Crippen molar-refractivity contribution in [1.29, 1.82) is 0 Å². The molecule has 1 atom stereocenters. The Balaban J connectivity index is 2.18. The molecule has 2 heterocycles. The van der Waals surface area contributed by atoms with E-state index < -0.39 is 17.7 Å². The van der Waals surface area contributed by atoms with E-state index in [4.69, 9.17) is 4.74 Å². The van der Waals surface area contributed by atoms with Gasteiger partial charge in [0.1, 0.15) is 6.54 Å². The highest BCUT2D eigenvalue weighted by atomic mass is 16.5. The fraction of sp³-hybridized carbons (Fsp3) is 0.385. The lowest BCUT2D eigenvalue weighted by Crippen LogP contribution is -2.35. The van der Waals surface area contributed by atoms with Gasteiger partial charge in [-0.3, -0.25) is 4.79 Å². The maximum atomic E-state index is 12.8. The zero-order valence-electron chi connectivity index (χ0n) is 19.7. The molecule has 1 aliphatic rings. The van der Waals surface area contributed by atoms with E-state index >= 15 is 0 Å². The van der Waals surface area contributed by atoms with Gasteiger partial charge < -0.3 is 19.3 Å². The van der Waals surface area contributed by atoms with Gasteiger partial charge in [-0.05, 0) is 64.3 Å². The highest BCUT2D eigenvalue weighted by Gasteiger charge is 2.36. The molecule has 0 saturated heterocycles. The summed E-state index contributed by atoms with van der Waals surface area (Å²) in [6, 6.07) is 10.2. The standard InChI is InChI=1S/C26H30N2O4/c1-14-8-10-17(11-9-14)21-18-12-15(2)28-13-19(29)27(7)22(23(18)28)16(3)20(21)24(25(30)31)32-26(4,5)6/h8-12,24H,13H2,1-7H3,(H,30,31)/t24-/m0/s1. The molecule has 0 saturated carbocycles. The Labute approximate surface area is 188 Å². The normalized spacial score (nSPS) is 14.8. The number of rotatable bonds is 4. The minimum Gasteiger partial charge on any atom is -0.479 e. The second-order valence-corrected chi connectivity index (χ2v) is 9.66. The smallest absolute Gasteiger partial charge is 0.337 e. The fourth-order valence-electron chi connectivity index (χ4n) is 4.69. The molecule has 0 unspecified atom stereocenters. The number of aryl methyl sites for hydroxylation is 2. The van der Waals surface area contributed by atoms with Gasteiger partial charge in [0.2, 0.25) is 5.91 Å². The minimum absolute atomic E-state index is 0.0288. The fourth-order valence-corrected chi connectivity index (χ4v) is 4.69. The molecule has 3 aromatic rings. The van der Waals surface area contributed by atoms with Gasteiger partial charge in [0.25, 0.3) is 0 Å². The predicted octanol–water partition coefficient (Wildman–Crippen LogP) is 5.15. The average Bonchev–Trinajstić information content (AvgIpc) is 3.01. The Kier molecular flexibility index (Phi) is 5.17. The van der Waals surface area contributed by atoms with Crippen LogP contribution in [-0.2, 0) is 20.9 Å². The van der Waals surface area contributed by atoms with E-state index in [1.807, 2.05) is 70.4 Å². The van der Waals surface area contributed by atoms with Crippen molar-refractivity contribution in [2.24, 2.45) is 0 Å². The lowest BCUT2D eigenvalue weighted by molar-refractivity contribution is -0.160. The molecular weight excluding hydrogens is 404 g/mol. The third kappa shape index (κ3) is 3.48. The third-order valence-electron chi connectivity index (χ3n) is 6.13. The number of carboxylic acids is 1. The van der Waals surface area contributed by atoms with Gasteiger partial charge in [0.05, 0.1) is 16.8 Å². The quantitative estimate of drug-likeness (QED) is 0.616. The van der Waals surface area contributed by atoms with Gasteiger partial charge in [-0.25, -0.2) is 4.79 Å². The lowest BCUT2D eigenvalue weighted by Gasteiger charge is -2.33. The number of benzene rings is 2. The summed E-state index contributed by atoms with van der Waals surface area (Å²) >= 11 is 0. The van der Waals surface area contributed by atoms with Crippen LogP contribution in [0.4, 0.5) is 5.69 Å². The van der Waals surface area contributed by atoms with Gasteiger partial charge in [-0.15, -0.1) is 0 Å². The van der Waals surface area contributed by atoms with E-state index in [0.29, 0.717) is 5.56 Å². The lowest BCUT2D eigenvalue weighted by atomic mass is 9.87. The van der Waals surface area contributed by atoms with Crippen molar-refractivity contribution in [3.63, 3.8) is 0 Å². The summed E-state index contributed by atoms with van der Waals surface area (Å²) < 4.78 is 8.14. The predicted molar refractivity (Wildman–Crippen MR) is 126 cm³/mol. The second-order valence-electron chi connectivity index (χ2n) is 9.66. The topological polar surface area (TPSA) is 71.8 Å². The molecule has 32 heavy (non-hydrogen) atoms. The van der Waals surface area contributed by atoms with Crippen LogP contribution >= 0.6 is 0 Å². The number of amides is 1. The Bertz CT molecular complexity index is 1250. The zero-order valence-corrected chi connectivity index (χ0v) is 19.7. The molecule has 6 heteroatoms. The second kappa shape index (κ2) is 7.48. The molecule has 1 aromatic heterocycles. The van der Waals surface area contributed by atoms with Crippen molar-refractivity contribution >= 4 is 28.5 Å². The molecule has 2 aromatic carbocycles. The molecule has 1 N–H and O–H groups in total. The van der Waals surface area contributed by atoms with Crippen molar-refractivity contribution in [3.05, 3.63) is 52.7 Å². The summed E-state index contributed by atoms with van der Waals surface area (Å²) in [6.07, 6.45) is -1.18. The maximum Gasteiger partial charge on any atom is 0.337 e. The van der Waals surface area contributed by atoms with Gasteiger partial charge in [0, 0.05) is 23.7 Å². The van der Waals surface area contributed by atoms with Crippen LogP contribution in [0, 0.1) is 20.8 Å². The van der Waals surface area contributed by atoms with Crippen LogP contribution in [0.1, 0.15) is 49.3 Å². The summed E-state index contributed by atoms with van der Waals surface area (Å²) in [7, 11) is 1.76. The number of carbonyl (C=O) groups excluding carboxylic acids is 1. The molecule has 0 spiro atoms. The average molecular weight is 435 g/mol. The Morgan fingerprint density at radius 3 is 2.31 bits per heavy atom. The van der Waals surface area contributed by atoms with Crippen molar-refractivity contribution in [3.8, 4) is 11.1 Å². The van der Waals surface area contributed by atoms with E-state index in [0.717, 1.165) is 44.5 Å². The van der Waals surface area contributed by atoms with Gasteiger partial charge in [-0.1, -0.05) is 29.8 Å². The number of carboxylic acid groups (broad SMARTS) is 1. The van der Waals surface area contributed by atoms with E-state index in [2.05, 4.69) is 6.07 Å². The Morgan fingerprint density at radius 2 is 1.75 bits per heavy atom. The first-order chi connectivity index (χ1) is 14.9. The molecular formula is C26H30N2O4. The molecule has 0 aliphatic carbocycles. The number of carbonyl (C=O) groups is 2. The van der Waals surface area contributed by atoms with Gasteiger partial charge >= 0.3 is 5.97 Å². The van der Waals surface area contributed by atoms with Crippen molar-refractivity contribution in [2.45, 2.75) is 59.8 Å². The largest absolute Gasteiger partial charge is 0.479 e. The van der Waals surface area contributed by atoms with Crippen molar-refractivity contribution in [1.82, 2.24) is 4.57 Å². The van der Waals surface area contributed by atoms with E-state index in [9.17, 15) is 14.7 Å². The Hall–Kier alpha value is -3.12. The van der Waals surface area contributed by atoms with Crippen LogP contribution in [-0.4, -0.2) is 34.2 Å². The maximum absolute atomic E-state index is 12.8.